The monoisotopic (exact) mass is 401 g/mol. The van der Waals surface area contributed by atoms with Crippen molar-refractivity contribution in [3.8, 4) is 5.75 Å². The van der Waals surface area contributed by atoms with Gasteiger partial charge in [0.15, 0.2) is 0 Å². The second-order valence-corrected chi connectivity index (χ2v) is 6.78. The number of aromatic nitrogens is 1. The molecule has 7 heteroatoms. The van der Waals surface area contributed by atoms with Crippen molar-refractivity contribution < 1.29 is 14.5 Å². The van der Waals surface area contributed by atoms with Crippen molar-refractivity contribution in [3.05, 3.63) is 106 Å². The minimum absolute atomic E-state index is 0.0640. The molecule has 3 aromatic carbocycles. The number of hydrogen-bond donors (Lipinski definition) is 2. The van der Waals surface area contributed by atoms with Crippen LogP contribution in [0.5, 0.6) is 5.75 Å². The number of nitrogens with zero attached hydrogens (tertiary/aromatic N) is 1. The van der Waals surface area contributed by atoms with Gasteiger partial charge in [-0.15, -0.1) is 0 Å². The second kappa shape index (κ2) is 8.08. The molecule has 0 saturated heterocycles. The molecule has 0 aliphatic rings. The Kier molecular flexibility index (Phi) is 5.17. The fraction of sp³-hybridized carbons (Fsp3) is 0.0870. The lowest BCUT2D eigenvalue weighted by atomic mass is 9.98. The Morgan fingerprint density at radius 3 is 2.40 bits per heavy atom. The van der Waals surface area contributed by atoms with Crippen molar-refractivity contribution in [2.24, 2.45) is 0 Å². The molecular formula is C23H19N3O4. The quantitative estimate of drug-likeness (QED) is 0.364. The first-order valence-electron chi connectivity index (χ1n) is 9.32. The number of nitro groups is 1. The molecule has 1 amide bonds. The van der Waals surface area contributed by atoms with Crippen LogP contribution in [-0.4, -0.2) is 22.9 Å². The lowest BCUT2D eigenvalue weighted by molar-refractivity contribution is -0.384. The van der Waals surface area contributed by atoms with Crippen LogP contribution in [0.15, 0.2) is 79.0 Å². The highest BCUT2D eigenvalue weighted by molar-refractivity contribution is 6.07. The van der Waals surface area contributed by atoms with E-state index < -0.39 is 11.0 Å². The van der Waals surface area contributed by atoms with Crippen LogP contribution < -0.4 is 10.1 Å². The van der Waals surface area contributed by atoms with E-state index in [-0.39, 0.29) is 11.6 Å². The van der Waals surface area contributed by atoms with E-state index >= 15 is 0 Å². The van der Waals surface area contributed by atoms with Crippen LogP contribution in [0.25, 0.3) is 10.9 Å². The maximum absolute atomic E-state index is 13.2. The Hall–Kier alpha value is -4.13. The molecule has 0 spiro atoms. The summed E-state index contributed by atoms with van der Waals surface area (Å²) >= 11 is 0. The van der Waals surface area contributed by atoms with Crippen LogP contribution in [-0.2, 0) is 0 Å². The molecule has 4 aromatic rings. The van der Waals surface area contributed by atoms with Crippen LogP contribution in [0.2, 0.25) is 0 Å². The predicted octanol–water partition coefficient (Wildman–Crippen LogP) is 4.60. The number of hydrogen-bond acceptors (Lipinski definition) is 4. The van der Waals surface area contributed by atoms with Gasteiger partial charge in [0.25, 0.3) is 11.6 Å². The Morgan fingerprint density at radius 1 is 1.03 bits per heavy atom. The number of fused-ring (bicyclic) bond motifs is 1. The van der Waals surface area contributed by atoms with Crippen molar-refractivity contribution >= 4 is 22.5 Å². The number of methoxy groups -OCH3 is 1. The first kappa shape index (κ1) is 19.2. The molecule has 0 saturated carbocycles. The van der Waals surface area contributed by atoms with Gasteiger partial charge >= 0.3 is 0 Å². The number of carbonyl (C=O) groups is 1. The van der Waals surface area contributed by atoms with Gasteiger partial charge in [-0.05, 0) is 29.3 Å². The van der Waals surface area contributed by atoms with Crippen molar-refractivity contribution in [1.82, 2.24) is 10.3 Å². The van der Waals surface area contributed by atoms with Crippen LogP contribution in [0, 0.1) is 10.1 Å². The molecule has 7 nitrogen and oxygen atoms in total. The molecule has 0 fully saturated rings. The number of aromatic amines is 1. The highest BCUT2D eigenvalue weighted by Gasteiger charge is 2.21. The zero-order valence-electron chi connectivity index (χ0n) is 16.2. The molecule has 1 heterocycles. The SMILES string of the molecule is COc1ccc(C(NC(=O)c2c[nH]c3ccc([N+](=O)[O-])cc23)c2ccccc2)cc1. The smallest absolute Gasteiger partial charge is 0.270 e. The topological polar surface area (TPSA) is 97.3 Å². The summed E-state index contributed by atoms with van der Waals surface area (Å²) < 4.78 is 5.23. The summed E-state index contributed by atoms with van der Waals surface area (Å²) in [4.78, 5) is 26.8. The van der Waals surface area contributed by atoms with Gasteiger partial charge in [-0.2, -0.15) is 0 Å². The maximum Gasteiger partial charge on any atom is 0.270 e. The van der Waals surface area contributed by atoms with Crippen LogP contribution >= 0.6 is 0 Å². The highest BCUT2D eigenvalue weighted by atomic mass is 16.6. The average molecular weight is 401 g/mol. The third-order valence-corrected chi connectivity index (χ3v) is 4.98. The Balaban J connectivity index is 1.71. The van der Waals surface area contributed by atoms with E-state index in [0.29, 0.717) is 16.5 Å². The fourth-order valence-corrected chi connectivity index (χ4v) is 3.42. The maximum atomic E-state index is 13.2. The van der Waals surface area contributed by atoms with E-state index in [0.717, 1.165) is 16.9 Å². The van der Waals surface area contributed by atoms with Gasteiger partial charge in [-0.25, -0.2) is 0 Å². The van der Waals surface area contributed by atoms with Crippen molar-refractivity contribution in [2.75, 3.05) is 7.11 Å². The standard InChI is InChI=1S/C23H19N3O4/c1-30-18-10-7-16(8-11-18)22(15-5-3-2-4-6-15)25-23(27)20-14-24-21-12-9-17(26(28)29)13-19(20)21/h2-14,22,24H,1H3,(H,25,27). The van der Waals surface area contributed by atoms with Crippen molar-refractivity contribution in [3.63, 3.8) is 0 Å². The minimum atomic E-state index is -0.474. The van der Waals surface area contributed by atoms with Crippen molar-refractivity contribution in [2.45, 2.75) is 6.04 Å². The molecule has 0 aliphatic carbocycles. The predicted molar refractivity (Wildman–Crippen MR) is 114 cm³/mol. The van der Waals surface area contributed by atoms with Crippen LogP contribution in [0.4, 0.5) is 5.69 Å². The van der Waals surface area contributed by atoms with Gasteiger partial charge in [-0.3, -0.25) is 14.9 Å². The fourth-order valence-electron chi connectivity index (χ4n) is 3.42. The summed E-state index contributed by atoms with van der Waals surface area (Å²) in [6.07, 6.45) is 1.57. The van der Waals surface area contributed by atoms with Gasteiger partial charge in [0, 0.05) is 29.2 Å². The summed E-state index contributed by atoms with van der Waals surface area (Å²) in [5.41, 5.74) is 2.75. The molecular weight excluding hydrogens is 382 g/mol. The zero-order chi connectivity index (χ0) is 21.1. The average Bonchev–Trinajstić information content (AvgIpc) is 3.21. The summed E-state index contributed by atoms with van der Waals surface area (Å²) in [7, 11) is 1.60. The zero-order valence-corrected chi connectivity index (χ0v) is 16.2. The largest absolute Gasteiger partial charge is 0.497 e. The highest BCUT2D eigenvalue weighted by Crippen LogP contribution is 2.27. The lowest BCUT2D eigenvalue weighted by Gasteiger charge is -2.20. The third kappa shape index (κ3) is 3.73. The molecule has 0 bridgehead atoms. The van der Waals surface area contributed by atoms with E-state index in [2.05, 4.69) is 10.3 Å². The normalized spacial score (nSPS) is 11.8. The van der Waals surface area contributed by atoms with Gasteiger partial charge in [0.2, 0.25) is 0 Å². The van der Waals surface area contributed by atoms with Gasteiger partial charge in [0.05, 0.1) is 23.6 Å². The Labute approximate surface area is 172 Å². The minimum Gasteiger partial charge on any atom is -0.497 e. The van der Waals surface area contributed by atoms with Crippen LogP contribution in [0.3, 0.4) is 0 Å². The number of ether oxygens (including phenoxy) is 1. The third-order valence-electron chi connectivity index (χ3n) is 4.98. The molecule has 1 atom stereocenters. The number of rotatable bonds is 6. The number of benzene rings is 3. The Morgan fingerprint density at radius 2 is 1.73 bits per heavy atom. The molecule has 1 unspecified atom stereocenters. The number of carbonyl (C=O) groups excluding carboxylic acids is 1. The summed E-state index contributed by atoms with van der Waals surface area (Å²) in [5.74, 6) is 0.396. The Bertz CT molecular complexity index is 1200. The summed E-state index contributed by atoms with van der Waals surface area (Å²) in [6.45, 7) is 0. The van der Waals surface area contributed by atoms with E-state index in [4.69, 9.17) is 4.74 Å². The van der Waals surface area contributed by atoms with E-state index in [9.17, 15) is 14.9 Å². The summed E-state index contributed by atoms with van der Waals surface area (Å²) in [6, 6.07) is 21.1. The first-order valence-corrected chi connectivity index (χ1v) is 9.32. The number of H-pyrrole nitrogens is 1. The molecule has 150 valence electrons. The van der Waals surface area contributed by atoms with E-state index in [1.54, 1.807) is 19.4 Å². The van der Waals surface area contributed by atoms with Gasteiger partial charge in [-0.1, -0.05) is 42.5 Å². The number of nitrogens with one attached hydrogen (secondary N) is 2. The first-order chi connectivity index (χ1) is 14.6. The molecule has 4 rings (SSSR count). The lowest BCUT2D eigenvalue weighted by Crippen LogP contribution is -2.29. The van der Waals surface area contributed by atoms with E-state index in [1.807, 2.05) is 54.6 Å². The molecule has 2 N–H and O–H groups in total. The van der Waals surface area contributed by atoms with Crippen molar-refractivity contribution in [1.29, 1.82) is 0 Å². The van der Waals surface area contributed by atoms with Gasteiger partial charge in [0.1, 0.15) is 5.75 Å². The number of amides is 1. The second-order valence-electron chi connectivity index (χ2n) is 6.78. The van der Waals surface area contributed by atoms with E-state index in [1.165, 1.54) is 12.1 Å². The summed E-state index contributed by atoms with van der Waals surface area (Å²) in [5, 5.41) is 14.7. The van der Waals surface area contributed by atoms with Gasteiger partial charge < -0.3 is 15.0 Å². The molecule has 30 heavy (non-hydrogen) atoms. The number of non-ortho nitro benzene ring substituents is 1. The molecule has 0 radical (unpaired) electrons. The number of nitro benzene ring substituents is 1. The molecule has 0 aliphatic heterocycles. The molecule has 1 aromatic heterocycles. The van der Waals surface area contributed by atoms with Crippen LogP contribution in [0.1, 0.15) is 27.5 Å².